The molecule has 0 unspecified atom stereocenters. The fraction of sp³-hybridized carbons (Fsp3) is 0.263. The Morgan fingerprint density at radius 1 is 1.21 bits per heavy atom. The first kappa shape index (κ1) is 16.1. The predicted octanol–water partition coefficient (Wildman–Crippen LogP) is 2.84. The zero-order chi connectivity index (χ0) is 17.1. The van der Waals surface area contributed by atoms with Crippen LogP contribution in [0.4, 0.5) is 5.69 Å². The molecule has 0 radical (unpaired) electrons. The summed E-state index contributed by atoms with van der Waals surface area (Å²) in [5.74, 6) is -1.11. The number of benzene rings is 2. The van der Waals surface area contributed by atoms with Gasteiger partial charge in [0.2, 0.25) is 0 Å². The summed E-state index contributed by atoms with van der Waals surface area (Å²) >= 11 is 0. The third-order valence-electron chi connectivity index (χ3n) is 4.11. The quantitative estimate of drug-likeness (QED) is 0.881. The van der Waals surface area contributed by atoms with Crippen LogP contribution in [0.3, 0.4) is 0 Å². The maximum absolute atomic E-state index is 12.4. The molecule has 1 amide bonds. The average Bonchev–Trinajstić information content (AvgIpc) is 2.59. The highest BCUT2D eigenvalue weighted by Crippen LogP contribution is 2.27. The van der Waals surface area contributed by atoms with Gasteiger partial charge in [0.1, 0.15) is 11.3 Å². The van der Waals surface area contributed by atoms with E-state index in [1.54, 1.807) is 11.0 Å². The molecule has 0 saturated heterocycles. The molecule has 0 saturated carbocycles. The molecule has 0 atom stereocenters. The van der Waals surface area contributed by atoms with Crippen LogP contribution in [0.2, 0.25) is 0 Å². The molecule has 124 valence electrons. The number of para-hydroxylation sites is 1. The lowest BCUT2D eigenvalue weighted by atomic mass is 10.0. The number of aryl methyl sites for hydroxylation is 2. The van der Waals surface area contributed by atoms with Gasteiger partial charge in [-0.3, -0.25) is 4.79 Å². The molecule has 1 aliphatic heterocycles. The molecule has 0 spiro atoms. The SMILES string of the molecule is Cc1ccc(C(=O)OCC(=O)N2CCCc3ccccc32)c(O)c1. The second-order valence-corrected chi connectivity index (χ2v) is 5.87. The van der Waals surface area contributed by atoms with Crippen LogP contribution in [0, 0.1) is 6.92 Å². The first-order valence-electron chi connectivity index (χ1n) is 7.91. The number of carbonyl (C=O) groups excluding carboxylic acids is 2. The molecular formula is C19H19NO4. The van der Waals surface area contributed by atoms with Crippen molar-refractivity contribution < 1.29 is 19.4 Å². The standard InChI is InChI=1S/C19H19NO4/c1-13-8-9-15(17(21)11-13)19(23)24-12-18(22)20-10-4-6-14-5-2-3-7-16(14)20/h2-3,5,7-9,11,21H,4,6,10,12H2,1H3. The van der Waals surface area contributed by atoms with Gasteiger partial charge in [-0.05, 0) is 49.1 Å². The van der Waals surface area contributed by atoms with Gasteiger partial charge in [0.05, 0.1) is 0 Å². The second kappa shape index (κ2) is 6.74. The number of phenols is 1. The Labute approximate surface area is 140 Å². The zero-order valence-electron chi connectivity index (χ0n) is 13.5. The molecule has 0 aliphatic carbocycles. The maximum atomic E-state index is 12.4. The number of hydrogen-bond acceptors (Lipinski definition) is 4. The molecular weight excluding hydrogens is 306 g/mol. The highest BCUT2D eigenvalue weighted by atomic mass is 16.5. The summed E-state index contributed by atoms with van der Waals surface area (Å²) in [5.41, 5.74) is 2.90. The summed E-state index contributed by atoms with van der Waals surface area (Å²) in [6, 6.07) is 12.4. The van der Waals surface area contributed by atoms with E-state index >= 15 is 0 Å². The Morgan fingerprint density at radius 3 is 2.79 bits per heavy atom. The molecule has 24 heavy (non-hydrogen) atoms. The fourth-order valence-electron chi connectivity index (χ4n) is 2.89. The molecule has 0 fully saturated rings. The first-order chi connectivity index (χ1) is 11.6. The molecule has 0 bridgehead atoms. The van der Waals surface area contributed by atoms with Crippen molar-refractivity contribution in [3.63, 3.8) is 0 Å². The van der Waals surface area contributed by atoms with Crippen LogP contribution in [-0.4, -0.2) is 30.1 Å². The van der Waals surface area contributed by atoms with Gasteiger partial charge in [0.25, 0.3) is 5.91 Å². The summed E-state index contributed by atoms with van der Waals surface area (Å²) in [5, 5.41) is 9.81. The molecule has 5 nitrogen and oxygen atoms in total. The minimum absolute atomic E-state index is 0.0624. The summed E-state index contributed by atoms with van der Waals surface area (Å²) < 4.78 is 5.09. The van der Waals surface area contributed by atoms with Crippen molar-refractivity contribution in [1.82, 2.24) is 0 Å². The summed E-state index contributed by atoms with van der Waals surface area (Å²) in [6.45, 7) is 2.08. The van der Waals surface area contributed by atoms with Gasteiger partial charge < -0.3 is 14.7 Å². The number of amides is 1. The van der Waals surface area contributed by atoms with Crippen molar-refractivity contribution >= 4 is 17.6 Å². The van der Waals surface area contributed by atoms with Crippen molar-refractivity contribution in [3.8, 4) is 5.75 Å². The van der Waals surface area contributed by atoms with Crippen LogP contribution < -0.4 is 4.90 Å². The van der Waals surface area contributed by atoms with E-state index in [2.05, 4.69) is 0 Å². The maximum Gasteiger partial charge on any atom is 0.342 e. The summed E-state index contributed by atoms with van der Waals surface area (Å²) in [6.07, 6.45) is 1.83. The van der Waals surface area contributed by atoms with Crippen LogP contribution in [0.15, 0.2) is 42.5 Å². The number of nitrogens with zero attached hydrogens (tertiary/aromatic N) is 1. The number of ether oxygens (including phenoxy) is 1. The van der Waals surface area contributed by atoms with Crippen LogP contribution in [0.25, 0.3) is 0 Å². The second-order valence-electron chi connectivity index (χ2n) is 5.87. The van der Waals surface area contributed by atoms with E-state index in [1.165, 1.54) is 12.1 Å². The largest absolute Gasteiger partial charge is 0.507 e. The van der Waals surface area contributed by atoms with Crippen LogP contribution in [0.1, 0.15) is 27.9 Å². The number of esters is 1. The van der Waals surface area contributed by atoms with Gasteiger partial charge in [0.15, 0.2) is 6.61 Å². The first-order valence-corrected chi connectivity index (χ1v) is 7.91. The summed E-state index contributed by atoms with van der Waals surface area (Å²) in [4.78, 5) is 26.1. The lowest BCUT2D eigenvalue weighted by Gasteiger charge is -2.29. The van der Waals surface area contributed by atoms with Crippen LogP contribution >= 0.6 is 0 Å². The van der Waals surface area contributed by atoms with E-state index in [4.69, 9.17) is 4.74 Å². The molecule has 1 N–H and O–H groups in total. The van der Waals surface area contributed by atoms with Crippen molar-refractivity contribution in [3.05, 3.63) is 59.2 Å². The average molecular weight is 325 g/mol. The van der Waals surface area contributed by atoms with E-state index in [9.17, 15) is 14.7 Å². The monoisotopic (exact) mass is 325 g/mol. The van der Waals surface area contributed by atoms with Crippen LogP contribution in [-0.2, 0) is 16.0 Å². The van der Waals surface area contributed by atoms with Gasteiger partial charge in [0, 0.05) is 12.2 Å². The van der Waals surface area contributed by atoms with E-state index in [-0.39, 0.29) is 23.8 Å². The van der Waals surface area contributed by atoms with Crippen LogP contribution in [0.5, 0.6) is 5.75 Å². The minimum atomic E-state index is -0.703. The van der Waals surface area contributed by atoms with Crippen molar-refractivity contribution in [1.29, 1.82) is 0 Å². The Bertz CT molecular complexity index is 785. The van der Waals surface area contributed by atoms with Gasteiger partial charge in [-0.2, -0.15) is 0 Å². The van der Waals surface area contributed by atoms with Gasteiger partial charge in [-0.1, -0.05) is 24.3 Å². The number of aromatic hydroxyl groups is 1. The number of fused-ring (bicyclic) bond motifs is 1. The fourth-order valence-corrected chi connectivity index (χ4v) is 2.89. The Hall–Kier alpha value is -2.82. The molecule has 3 rings (SSSR count). The number of carbonyl (C=O) groups is 2. The normalized spacial score (nSPS) is 13.3. The summed E-state index contributed by atoms with van der Waals surface area (Å²) in [7, 11) is 0. The third-order valence-corrected chi connectivity index (χ3v) is 4.11. The molecule has 0 aromatic heterocycles. The van der Waals surface area contributed by atoms with E-state index in [0.717, 1.165) is 29.7 Å². The molecule has 5 heteroatoms. The Balaban J connectivity index is 1.67. The van der Waals surface area contributed by atoms with Crippen molar-refractivity contribution in [2.45, 2.75) is 19.8 Å². The van der Waals surface area contributed by atoms with Crippen molar-refractivity contribution in [2.75, 3.05) is 18.1 Å². The molecule has 1 aliphatic rings. The number of rotatable bonds is 3. The Kier molecular flexibility index (Phi) is 4.51. The molecule has 1 heterocycles. The predicted molar refractivity (Wildman–Crippen MR) is 90.2 cm³/mol. The Morgan fingerprint density at radius 2 is 2.00 bits per heavy atom. The van der Waals surface area contributed by atoms with Gasteiger partial charge >= 0.3 is 5.97 Å². The highest BCUT2D eigenvalue weighted by molar-refractivity contribution is 5.98. The number of anilines is 1. The smallest absolute Gasteiger partial charge is 0.342 e. The zero-order valence-corrected chi connectivity index (χ0v) is 13.5. The lowest BCUT2D eigenvalue weighted by molar-refractivity contribution is -0.121. The topological polar surface area (TPSA) is 66.8 Å². The van der Waals surface area contributed by atoms with E-state index in [1.807, 2.05) is 31.2 Å². The number of hydrogen-bond donors (Lipinski definition) is 1. The molecule has 2 aromatic carbocycles. The van der Waals surface area contributed by atoms with E-state index in [0.29, 0.717) is 6.54 Å². The van der Waals surface area contributed by atoms with Gasteiger partial charge in [-0.15, -0.1) is 0 Å². The third kappa shape index (κ3) is 3.25. The minimum Gasteiger partial charge on any atom is -0.507 e. The number of phenolic OH excluding ortho intramolecular Hbond substituents is 1. The molecule has 2 aromatic rings. The van der Waals surface area contributed by atoms with Crippen molar-refractivity contribution in [2.24, 2.45) is 0 Å². The lowest BCUT2D eigenvalue weighted by Crippen LogP contribution is -2.38. The van der Waals surface area contributed by atoms with E-state index < -0.39 is 5.97 Å². The van der Waals surface area contributed by atoms with Gasteiger partial charge in [-0.25, -0.2) is 4.79 Å². The highest BCUT2D eigenvalue weighted by Gasteiger charge is 2.23.